The Kier molecular flexibility index (Phi) is 6.20. The maximum atomic E-state index is 12.5. The number of hydrogen-bond acceptors (Lipinski definition) is 5. The van der Waals surface area contributed by atoms with E-state index in [-0.39, 0.29) is 4.90 Å². The van der Waals surface area contributed by atoms with Crippen molar-refractivity contribution >= 4 is 33.1 Å². The fourth-order valence-electron chi connectivity index (χ4n) is 3.50. The lowest BCUT2D eigenvalue weighted by Crippen LogP contribution is -2.25. The molecule has 2 aromatic carbocycles. The van der Waals surface area contributed by atoms with Crippen LogP contribution in [-0.4, -0.2) is 31.7 Å². The third-order valence-corrected chi connectivity index (χ3v) is 6.73. The molecule has 3 aromatic rings. The highest BCUT2D eigenvalue weighted by molar-refractivity contribution is 7.92. The summed E-state index contributed by atoms with van der Waals surface area (Å²) in [6.07, 6.45) is 4.93. The lowest BCUT2D eigenvalue weighted by Gasteiger charge is -2.20. The monoisotopic (exact) mass is 442 g/mol. The van der Waals surface area contributed by atoms with Crippen molar-refractivity contribution in [1.29, 1.82) is 0 Å². The van der Waals surface area contributed by atoms with E-state index in [1.165, 1.54) is 37.8 Å². The first kappa shape index (κ1) is 20.6. The minimum Gasteiger partial charge on any atom is -0.355 e. The zero-order valence-corrected chi connectivity index (χ0v) is 18.0. The Morgan fingerprint density at radius 3 is 2.23 bits per heavy atom. The van der Waals surface area contributed by atoms with Crippen molar-refractivity contribution in [2.75, 3.05) is 22.7 Å². The van der Waals surface area contributed by atoms with Crippen LogP contribution in [0.4, 0.5) is 11.5 Å². The molecule has 6 nitrogen and oxygen atoms in total. The van der Waals surface area contributed by atoms with Gasteiger partial charge in [-0.15, -0.1) is 10.2 Å². The van der Waals surface area contributed by atoms with Gasteiger partial charge in [0.05, 0.1) is 10.6 Å². The Morgan fingerprint density at radius 1 is 0.867 bits per heavy atom. The number of rotatable bonds is 5. The number of nitrogens with one attached hydrogen (secondary N) is 1. The molecule has 0 spiro atoms. The summed E-state index contributed by atoms with van der Waals surface area (Å²) in [5.41, 5.74) is 2.08. The fourth-order valence-corrected chi connectivity index (χ4v) is 4.86. The molecule has 0 bridgehead atoms. The third kappa shape index (κ3) is 4.91. The van der Waals surface area contributed by atoms with Crippen LogP contribution >= 0.6 is 11.6 Å². The third-order valence-electron chi connectivity index (χ3n) is 5.12. The van der Waals surface area contributed by atoms with Gasteiger partial charge < -0.3 is 4.90 Å². The van der Waals surface area contributed by atoms with E-state index in [0.717, 1.165) is 30.2 Å². The molecule has 1 aliphatic rings. The van der Waals surface area contributed by atoms with Gasteiger partial charge in [0.25, 0.3) is 10.0 Å². The molecule has 0 saturated carbocycles. The van der Waals surface area contributed by atoms with Crippen molar-refractivity contribution < 1.29 is 8.42 Å². The molecule has 1 saturated heterocycles. The standard InChI is InChI=1S/C22H23ClN4O2S/c23-18-6-5-7-20(16-18)30(28,29)26-19-10-8-17(9-11-19)21-12-13-22(25-24-21)27-14-3-1-2-4-15-27/h5-13,16,26H,1-4,14-15H2. The van der Waals surface area contributed by atoms with Gasteiger partial charge in [0, 0.05) is 29.4 Å². The summed E-state index contributed by atoms with van der Waals surface area (Å²) >= 11 is 5.90. The van der Waals surface area contributed by atoms with Crippen LogP contribution in [0.5, 0.6) is 0 Å². The first-order valence-electron chi connectivity index (χ1n) is 9.99. The van der Waals surface area contributed by atoms with E-state index in [4.69, 9.17) is 11.6 Å². The van der Waals surface area contributed by atoms with Gasteiger partial charge >= 0.3 is 0 Å². The minimum absolute atomic E-state index is 0.119. The second-order valence-corrected chi connectivity index (χ2v) is 9.44. The molecular weight excluding hydrogens is 420 g/mol. The van der Waals surface area contributed by atoms with Gasteiger partial charge in [-0.1, -0.05) is 42.6 Å². The second-order valence-electron chi connectivity index (χ2n) is 7.32. The number of sulfonamides is 1. The summed E-state index contributed by atoms with van der Waals surface area (Å²) in [5.74, 6) is 0.909. The molecule has 1 fully saturated rings. The van der Waals surface area contributed by atoms with E-state index in [2.05, 4.69) is 19.8 Å². The lowest BCUT2D eigenvalue weighted by molar-refractivity contribution is 0.601. The Morgan fingerprint density at radius 2 is 1.60 bits per heavy atom. The average Bonchev–Trinajstić information content (AvgIpc) is 3.04. The molecule has 8 heteroatoms. The highest BCUT2D eigenvalue weighted by Gasteiger charge is 2.15. The van der Waals surface area contributed by atoms with Crippen LogP contribution in [0.1, 0.15) is 25.7 Å². The SMILES string of the molecule is O=S(=O)(Nc1ccc(-c2ccc(N3CCCCCC3)nn2)cc1)c1cccc(Cl)c1. The maximum Gasteiger partial charge on any atom is 0.261 e. The van der Waals surface area contributed by atoms with Gasteiger partial charge in [0.1, 0.15) is 0 Å². The molecule has 1 N–H and O–H groups in total. The number of nitrogens with zero attached hydrogens (tertiary/aromatic N) is 3. The van der Waals surface area contributed by atoms with Crippen molar-refractivity contribution in [3.05, 3.63) is 65.7 Å². The molecule has 4 rings (SSSR count). The van der Waals surface area contributed by atoms with Gasteiger partial charge in [0.15, 0.2) is 5.82 Å². The maximum absolute atomic E-state index is 12.5. The highest BCUT2D eigenvalue weighted by Crippen LogP contribution is 2.24. The summed E-state index contributed by atoms with van der Waals surface area (Å²) in [7, 11) is -3.70. The number of anilines is 2. The van der Waals surface area contributed by atoms with Crippen molar-refractivity contribution in [2.24, 2.45) is 0 Å². The van der Waals surface area contributed by atoms with Gasteiger partial charge in [-0.05, 0) is 55.3 Å². The first-order chi connectivity index (χ1) is 14.5. The number of benzene rings is 2. The van der Waals surface area contributed by atoms with E-state index < -0.39 is 10.0 Å². The lowest BCUT2D eigenvalue weighted by atomic mass is 10.1. The first-order valence-corrected chi connectivity index (χ1v) is 11.8. The summed E-state index contributed by atoms with van der Waals surface area (Å²) in [6, 6.07) is 17.2. The number of halogens is 1. The Labute approximate surface area is 182 Å². The normalized spacial score (nSPS) is 14.9. The quantitative estimate of drug-likeness (QED) is 0.603. The van der Waals surface area contributed by atoms with Gasteiger partial charge in [0.2, 0.25) is 0 Å². The van der Waals surface area contributed by atoms with Crippen LogP contribution in [0.2, 0.25) is 5.02 Å². The summed E-state index contributed by atoms with van der Waals surface area (Å²) in [4.78, 5) is 2.41. The average molecular weight is 443 g/mol. The van der Waals surface area contributed by atoms with Crippen LogP contribution in [0.3, 0.4) is 0 Å². The molecule has 156 valence electrons. The molecule has 1 aromatic heterocycles. The molecule has 2 heterocycles. The van der Waals surface area contributed by atoms with Crippen molar-refractivity contribution in [1.82, 2.24) is 10.2 Å². The Bertz CT molecular complexity index is 1090. The zero-order chi connectivity index (χ0) is 21.0. The van der Waals surface area contributed by atoms with Gasteiger partial charge in [-0.3, -0.25) is 4.72 Å². The summed E-state index contributed by atoms with van der Waals surface area (Å²) < 4.78 is 27.6. The molecular formula is C22H23ClN4O2S. The smallest absolute Gasteiger partial charge is 0.261 e. The molecule has 0 atom stereocenters. The minimum atomic E-state index is -3.70. The van der Waals surface area contributed by atoms with Crippen molar-refractivity contribution in [3.63, 3.8) is 0 Å². The van der Waals surface area contributed by atoms with Crippen LogP contribution in [0.15, 0.2) is 65.6 Å². The Hall–Kier alpha value is -2.64. The van der Waals surface area contributed by atoms with E-state index in [1.54, 1.807) is 24.3 Å². The number of hydrogen-bond donors (Lipinski definition) is 1. The van der Waals surface area contributed by atoms with Gasteiger partial charge in [-0.2, -0.15) is 0 Å². The van der Waals surface area contributed by atoms with Crippen LogP contribution in [0.25, 0.3) is 11.3 Å². The highest BCUT2D eigenvalue weighted by atomic mass is 35.5. The largest absolute Gasteiger partial charge is 0.355 e. The van der Waals surface area contributed by atoms with E-state index >= 15 is 0 Å². The summed E-state index contributed by atoms with van der Waals surface area (Å²) in [5, 5.41) is 9.14. The molecule has 0 radical (unpaired) electrons. The van der Waals surface area contributed by atoms with E-state index in [1.807, 2.05) is 24.3 Å². The summed E-state index contributed by atoms with van der Waals surface area (Å²) in [6.45, 7) is 2.05. The van der Waals surface area contributed by atoms with Crippen LogP contribution in [-0.2, 0) is 10.0 Å². The van der Waals surface area contributed by atoms with E-state index in [0.29, 0.717) is 10.7 Å². The van der Waals surface area contributed by atoms with Crippen LogP contribution in [0, 0.1) is 0 Å². The van der Waals surface area contributed by atoms with Crippen LogP contribution < -0.4 is 9.62 Å². The van der Waals surface area contributed by atoms with Gasteiger partial charge in [-0.25, -0.2) is 8.42 Å². The molecule has 1 aliphatic heterocycles. The Balaban J connectivity index is 1.47. The topological polar surface area (TPSA) is 75.2 Å². The predicted octanol–water partition coefficient (Wildman–Crippen LogP) is 4.98. The van der Waals surface area contributed by atoms with Crippen molar-refractivity contribution in [3.8, 4) is 11.3 Å². The second kappa shape index (κ2) is 9.02. The zero-order valence-electron chi connectivity index (χ0n) is 16.5. The van der Waals surface area contributed by atoms with E-state index in [9.17, 15) is 8.42 Å². The molecule has 0 amide bonds. The predicted molar refractivity (Wildman–Crippen MR) is 120 cm³/mol. The molecule has 0 aliphatic carbocycles. The number of aromatic nitrogens is 2. The van der Waals surface area contributed by atoms with Crippen molar-refractivity contribution in [2.45, 2.75) is 30.6 Å². The fraction of sp³-hybridized carbons (Fsp3) is 0.273. The molecule has 30 heavy (non-hydrogen) atoms. The molecule has 0 unspecified atom stereocenters.